The van der Waals surface area contributed by atoms with Crippen LogP contribution in [0.4, 0.5) is 11.4 Å². The van der Waals surface area contributed by atoms with Crippen LogP contribution in [0.5, 0.6) is 0 Å². The van der Waals surface area contributed by atoms with Crippen molar-refractivity contribution in [3.8, 4) is 0 Å². The van der Waals surface area contributed by atoms with Crippen molar-refractivity contribution < 1.29 is 41.6 Å². The molecule has 0 unspecified atom stereocenters. The minimum atomic E-state index is 0. The van der Waals surface area contributed by atoms with Gasteiger partial charge < -0.3 is 24.8 Å². The third kappa shape index (κ3) is 12.5. The van der Waals surface area contributed by atoms with Gasteiger partial charge in [0, 0.05) is 0 Å². The number of hydrogen-bond donors (Lipinski definition) is 0. The Morgan fingerprint density at radius 1 is 0.512 bits per heavy atom. The van der Waals surface area contributed by atoms with Crippen molar-refractivity contribution in [1.82, 2.24) is 4.98 Å². The van der Waals surface area contributed by atoms with Crippen LogP contribution in [0.15, 0.2) is 52.4 Å². The molecule has 0 N–H and O–H groups in total. The number of aliphatic imine (C=N–C) groups is 2. The van der Waals surface area contributed by atoms with Gasteiger partial charge in [-0.3, -0.25) is 9.98 Å². The molecule has 1 aromatic heterocycles. The van der Waals surface area contributed by atoms with Gasteiger partial charge in [0.2, 0.25) is 0 Å². The summed E-state index contributed by atoms with van der Waals surface area (Å²) in [6, 6.07) is 15.6. The second-order valence-corrected chi connectivity index (χ2v) is 11.0. The Balaban J connectivity index is 0.00000588. The average Bonchev–Trinajstić information content (AvgIpc) is 2.93. The largest absolute Gasteiger partial charge is 2.00 e. The van der Waals surface area contributed by atoms with Crippen LogP contribution in [-0.4, -0.2) is 17.4 Å². The fourth-order valence-corrected chi connectivity index (χ4v) is 5.58. The monoisotopic (exact) mass is 666 g/mol. The van der Waals surface area contributed by atoms with Crippen molar-refractivity contribution in [3.05, 3.63) is 87.2 Å². The van der Waals surface area contributed by atoms with Crippen LogP contribution < -0.4 is 24.8 Å². The van der Waals surface area contributed by atoms with E-state index in [-0.39, 0.29) is 41.6 Å². The summed E-state index contributed by atoms with van der Waals surface area (Å²) in [5.41, 5.74) is 12.4. The maximum Gasteiger partial charge on any atom is 2.00 e. The third-order valence-electron chi connectivity index (χ3n) is 7.25. The van der Waals surface area contributed by atoms with Crippen molar-refractivity contribution in [2.45, 2.75) is 119 Å². The molecule has 3 rings (SSSR count). The maximum absolute atomic E-state index is 5.05. The average molecular weight is 668 g/mol. The Kier molecular flexibility index (Phi) is 21.5. The summed E-state index contributed by atoms with van der Waals surface area (Å²) in [7, 11) is 0. The van der Waals surface area contributed by atoms with Gasteiger partial charge in [0.15, 0.2) is 0 Å². The van der Waals surface area contributed by atoms with E-state index in [4.69, 9.17) is 15.0 Å². The minimum Gasteiger partial charge on any atom is -1.00 e. The molecule has 0 aliphatic heterocycles. The zero-order chi connectivity index (χ0) is 28.7. The number of aromatic nitrogens is 1. The van der Waals surface area contributed by atoms with Crippen LogP contribution in [0.3, 0.4) is 0 Å². The van der Waals surface area contributed by atoms with E-state index in [1.807, 2.05) is 24.6 Å². The van der Waals surface area contributed by atoms with Gasteiger partial charge in [0.05, 0.1) is 35.2 Å². The van der Waals surface area contributed by atoms with Crippen LogP contribution in [0.25, 0.3) is 0 Å². The molecule has 0 amide bonds. The van der Waals surface area contributed by atoms with Crippen molar-refractivity contribution >= 4 is 23.8 Å². The predicted molar refractivity (Wildman–Crippen MR) is 176 cm³/mol. The molecule has 0 aliphatic carbocycles. The van der Waals surface area contributed by atoms with Gasteiger partial charge in [-0.15, -0.1) is 0 Å². The Hall–Kier alpha value is -1.98. The van der Waals surface area contributed by atoms with Gasteiger partial charge in [-0.25, -0.2) is 4.98 Å². The van der Waals surface area contributed by atoms with Crippen LogP contribution in [-0.2, 0) is 55.3 Å². The zero-order valence-electron chi connectivity index (χ0n) is 27.1. The molecule has 0 fully saturated rings. The summed E-state index contributed by atoms with van der Waals surface area (Å²) in [5.74, 6) is 0. The molecule has 0 saturated heterocycles. The SMILES string of the molecule is CCCc1cc(CCC)c(N=Cc2cccc(C=Nc3c(CCC)cc(CCC)cc3CCC)n2)c(CCC)c1.[Cl-].[Cl-].[Co+2]. The number of hydrogen-bond acceptors (Lipinski definition) is 3. The van der Waals surface area contributed by atoms with Crippen molar-refractivity contribution in [2.24, 2.45) is 9.98 Å². The quantitative estimate of drug-likeness (QED) is 0.210. The zero-order valence-corrected chi connectivity index (χ0v) is 29.7. The van der Waals surface area contributed by atoms with E-state index >= 15 is 0 Å². The van der Waals surface area contributed by atoms with Gasteiger partial charge in [-0.2, -0.15) is 0 Å². The molecular weight excluding hydrogens is 616 g/mol. The smallest absolute Gasteiger partial charge is 1.00 e. The maximum atomic E-state index is 5.05. The normalized spacial score (nSPS) is 10.9. The predicted octanol–water partition coefficient (Wildman–Crippen LogP) is 4.30. The van der Waals surface area contributed by atoms with Gasteiger partial charge >= 0.3 is 16.8 Å². The molecule has 1 radical (unpaired) electrons. The van der Waals surface area contributed by atoms with E-state index in [0.717, 1.165) is 87.0 Å². The number of nitrogens with zero attached hydrogens (tertiary/aromatic N) is 3. The first-order chi connectivity index (χ1) is 19.6. The van der Waals surface area contributed by atoms with Gasteiger partial charge in [-0.1, -0.05) is 110 Å². The Bertz CT molecular complexity index is 1140. The van der Waals surface area contributed by atoms with E-state index in [9.17, 15) is 0 Å². The fourth-order valence-electron chi connectivity index (χ4n) is 5.58. The first-order valence-electron chi connectivity index (χ1n) is 15.9. The number of benzene rings is 2. The summed E-state index contributed by atoms with van der Waals surface area (Å²) in [6.45, 7) is 13.5. The fraction of sp³-hybridized carbons (Fsp3) is 0.486. The Morgan fingerprint density at radius 3 is 1.09 bits per heavy atom. The Labute approximate surface area is 284 Å². The molecular formula is C37H51Cl2CoN3. The van der Waals surface area contributed by atoms with E-state index in [2.05, 4.69) is 71.9 Å². The third-order valence-corrected chi connectivity index (χ3v) is 7.25. The first kappa shape index (κ1) is 41.0. The molecule has 0 aliphatic rings. The van der Waals surface area contributed by atoms with Gasteiger partial charge in [-0.05, 0) is 84.0 Å². The molecule has 0 spiro atoms. The Morgan fingerprint density at radius 2 is 0.814 bits per heavy atom. The van der Waals surface area contributed by atoms with Gasteiger partial charge in [0.25, 0.3) is 0 Å². The second kappa shape index (κ2) is 22.5. The summed E-state index contributed by atoms with van der Waals surface area (Å²) in [5, 5.41) is 0. The molecule has 0 atom stereocenters. The summed E-state index contributed by atoms with van der Waals surface area (Å²) in [4.78, 5) is 15.0. The number of halogens is 2. The van der Waals surface area contributed by atoms with Crippen LogP contribution in [0.2, 0.25) is 0 Å². The van der Waals surface area contributed by atoms with Crippen molar-refractivity contribution in [1.29, 1.82) is 0 Å². The van der Waals surface area contributed by atoms with Crippen LogP contribution in [0.1, 0.15) is 125 Å². The molecule has 3 nitrogen and oxygen atoms in total. The summed E-state index contributed by atoms with van der Waals surface area (Å²) in [6.07, 6.45) is 17.2. The van der Waals surface area contributed by atoms with Crippen molar-refractivity contribution in [2.75, 3.05) is 0 Å². The molecule has 3 aromatic rings. The van der Waals surface area contributed by atoms with E-state index in [0.29, 0.717) is 0 Å². The minimum absolute atomic E-state index is 0. The van der Waals surface area contributed by atoms with E-state index < -0.39 is 0 Å². The summed E-state index contributed by atoms with van der Waals surface area (Å²) < 4.78 is 0. The molecule has 43 heavy (non-hydrogen) atoms. The molecule has 6 heteroatoms. The molecule has 2 aromatic carbocycles. The molecule has 0 bridgehead atoms. The molecule has 1 heterocycles. The van der Waals surface area contributed by atoms with E-state index in [1.54, 1.807) is 0 Å². The number of rotatable bonds is 16. The molecule has 0 saturated carbocycles. The number of pyridine rings is 1. The van der Waals surface area contributed by atoms with Crippen LogP contribution in [0, 0.1) is 0 Å². The van der Waals surface area contributed by atoms with E-state index in [1.165, 1.54) is 46.2 Å². The molecule has 237 valence electrons. The number of aryl methyl sites for hydroxylation is 6. The van der Waals surface area contributed by atoms with Crippen LogP contribution >= 0.6 is 0 Å². The van der Waals surface area contributed by atoms with Gasteiger partial charge in [0.1, 0.15) is 0 Å². The second-order valence-electron chi connectivity index (χ2n) is 11.0. The summed E-state index contributed by atoms with van der Waals surface area (Å²) >= 11 is 0. The standard InChI is InChI=1S/C37H51N3.2ClH.Co/c1-7-14-28-22-30(16-9-3)36(31(23-28)17-10-4)38-26-34-20-13-21-35(40-34)27-39-37-32(18-11-5)24-29(15-8-2)25-33(37)19-12-6;;;/h13,20-27H,7-12,14-19H2,1-6H3;2*1H;/q;;;+2/p-2. The topological polar surface area (TPSA) is 37.6 Å². The first-order valence-corrected chi connectivity index (χ1v) is 15.9. The van der Waals surface area contributed by atoms with Crippen molar-refractivity contribution in [3.63, 3.8) is 0 Å².